The summed E-state index contributed by atoms with van der Waals surface area (Å²) < 4.78 is 28.7. The van der Waals surface area contributed by atoms with E-state index in [1.54, 1.807) is 32.9 Å². The van der Waals surface area contributed by atoms with E-state index in [1.165, 1.54) is 6.07 Å². The van der Waals surface area contributed by atoms with Crippen molar-refractivity contribution in [1.29, 1.82) is 0 Å². The van der Waals surface area contributed by atoms with Crippen molar-refractivity contribution in [2.45, 2.75) is 38.6 Å². The molecular formula is C15H19N3O4S. The molecule has 3 N–H and O–H groups in total. The predicted octanol–water partition coefficient (Wildman–Crippen LogP) is 2.14. The Morgan fingerprint density at radius 2 is 2.04 bits per heavy atom. The Morgan fingerprint density at radius 1 is 1.35 bits per heavy atom. The summed E-state index contributed by atoms with van der Waals surface area (Å²) >= 11 is 0. The molecule has 0 aliphatic carbocycles. The number of hydrogen-bond donors (Lipinski definition) is 2. The molecule has 8 heteroatoms. The second-order valence-corrected chi connectivity index (χ2v) is 6.72. The second kappa shape index (κ2) is 6.51. The number of nitrogens with two attached hydrogens (primary N) is 1. The summed E-state index contributed by atoms with van der Waals surface area (Å²) in [6.45, 7) is 5.63. The molecule has 1 aromatic carbocycles. The molecule has 1 aromatic heterocycles. The van der Waals surface area contributed by atoms with Gasteiger partial charge in [0.1, 0.15) is 10.7 Å². The predicted molar refractivity (Wildman–Crippen MR) is 85.7 cm³/mol. The molecule has 124 valence electrons. The number of sulfonamides is 1. The van der Waals surface area contributed by atoms with E-state index in [0.29, 0.717) is 23.6 Å². The Kier molecular flexibility index (Phi) is 4.86. The standard InChI is InChI=1S/C15H19N3O4S/c1-4-14(19)11-5-6-13(15(7-11)23(16,20)21)17-8-12-9(2)18-22-10(12)3/h5-7,17H,4,8H2,1-3H3,(H2,16,20,21). The second-order valence-electron chi connectivity index (χ2n) is 5.19. The SMILES string of the molecule is CCC(=O)c1ccc(NCc2c(C)noc2C)c(S(N)(=O)=O)c1. The van der Waals surface area contributed by atoms with Crippen LogP contribution >= 0.6 is 0 Å². The maximum Gasteiger partial charge on any atom is 0.240 e. The van der Waals surface area contributed by atoms with Crippen LogP contribution < -0.4 is 10.5 Å². The van der Waals surface area contributed by atoms with Crippen LogP contribution in [0, 0.1) is 13.8 Å². The third-order valence-electron chi connectivity index (χ3n) is 3.57. The van der Waals surface area contributed by atoms with Crippen molar-refractivity contribution in [1.82, 2.24) is 5.16 Å². The number of aryl methyl sites for hydroxylation is 2. The first-order valence-electron chi connectivity index (χ1n) is 7.09. The number of aromatic nitrogens is 1. The third kappa shape index (κ3) is 3.77. The molecule has 0 aliphatic heterocycles. The molecule has 0 amide bonds. The molecule has 0 atom stereocenters. The molecule has 7 nitrogen and oxygen atoms in total. The van der Waals surface area contributed by atoms with Gasteiger partial charge in [0.25, 0.3) is 0 Å². The highest BCUT2D eigenvalue weighted by Gasteiger charge is 2.18. The Hall–Kier alpha value is -2.19. The molecule has 0 unspecified atom stereocenters. The summed E-state index contributed by atoms with van der Waals surface area (Å²) in [7, 11) is -3.96. The lowest BCUT2D eigenvalue weighted by molar-refractivity contribution is 0.0988. The van der Waals surface area contributed by atoms with E-state index in [2.05, 4.69) is 10.5 Å². The molecule has 0 fully saturated rings. The van der Waals surface area contributed by atoms with Crippen LogP contribution in [-0.4, -0.2) is 19.4 Å². The van der Waals surface area contributed by atoms with Gasteiger partial charge in [-0.25, -0.2) is 13.6 Å². The molecule has 2 rings (SSSR count). The van der Waals surface area contributed by atoms with Gasteiger partial charge < -0.3 is 9.84 Å². The number of nitrogens with zero attached hydrogens (tertiary/aromatic N) is 1. The fraction of sp³-hybridized carbons (Fsp3) is 0.333. The van der Waals surface area contributed by atoms with Gasteiger partial charge in [-0.05, 0) is 32.0 Å². The molecular weight excluding hydrogens is 318 g/mol. The zero-order valence-electron chi connectivity index (χ0n) is 13.2. The van der Waals surface area contributed by atoms with Crippen LogP contribution in [0.4, 0.5) is 5.69 Å². The van der Waals surface area contributed by atoms with Gasteiger partial charge >= 0.3 is 0 Å². The average Bonchev–Trinajstić information content (AvgIpc) is 2.82. The number of rotatable bonds is 6. The van der Waals surface area contributed by atoms with Gasteiger partial charge in [-0.2, -0.15) is 0 Å². The van der Waals surface area contributed by atoms with Gasteiger partial charge in [0.2, 0.25) is 10.0 Å². The Labute approximate surface area is 134 Å². The van der Waals surface area contributed by atoms with Crippen molar-refractivity contribution in [3.8, 4) is 0 Å². The summed E-state index contributed by atoms with van der Waals surface area (Å²) in [5.74, 6) is 0.511. The van der Waals surface area contributed by atoms with Crippen LogP contribution in [0.3, 0.4) is 0 Å². The molecule has 0 saturated heterocycles. The van der Waals surface area contributed by atoms with Crippen molar-refractivity contribution in [2.75, 3.05) is 5.32 Å². The number of hydrogen-bond acceptors (Lipinski definition) is 6. The van der Waals surface area contributed by atoms with E-state index in [9.17, 15) is 13.2 Å². The van der Waals surface area contributed by atoms with Gasteiger partial charge in [-0.1, -0.05) is 12.1 Å². The van der Waals surface area contributed by atoms with Crippen molar-refractivity contribution >= 4 is 21.5 Å². The highest BCUT2D eigenvalue weighted by molar-refractivity contribution is 7.89. The molecule has 0 aliphatic rings. The monoisotopic (exact) mass is 337 g/mol. The smallest absolute Gasteiger partial charge is 0.240 e. The minimum absolute atomic E-state index is 0.108. The first-order valence-corrected chi connectivity index (χ1v) is 8.64. The van der Waals surface area contributed by atoms with Crippen molar-refractivity contribution < 1.29 is 17.7 Å². The molecule has 1 heterocycles. The van der Waals surface area contributed by atoms with E-state index in [1.807, 2.05) is 0 Å². The third-order valence-corrected chi connectivity index (χ3v) is 4.52. The summed E-state index contributed by atoms with van der Waals surface area (Å²) in [5, 5.41) is 12.1. The zero-order valence-corrected chi connectivity index (χ0v) is 14.0. The molecule has 0 spiro atoms. The zero-order chi connectivity index (χ0) is 17.2. The average molecular weight is 337 g/mol. The van der Waals surface area contributed by atoms with E-state index in [0.717, 1.165) is 11.3 Å². The van der Waals surface area contributed by atoms with Crippen LogP contribution in [-0.2, 0) is 16.6 Å². The Balaban J connectivity index is 2.36. The van der Waals surface area contributed by atoms with Gasteiger partial charge in [0.05, 0.1) is 11.4 Å². The van der Waals surface area contributed by atoms with Crippen molar-refractivity contribution in [3.05, 3.63) is 40.8 Å². The fourth-order valence-corrected chi connectivity index (χ4v) is 2.96. The molecule has 0 saturated carbocycles. The molecule has 0 bridgehead atoms. The lowest BCUT2D eigenvalue weighted by atomic mass is 10.1. The van der Waals surface area contributed by atoms with Crippen LogP contribution in [0.5, 0.6) is 0 Å². The number of ketones is 1. The summed E-state index contributed by atoms with van der Waals surface area (Å²) in [4.78, 5) is 11.7. The van der Waals surface area contributed by atoms with Crippen LogP contribution in [0.1, 0.15) is 40.7 Å². The quantitative estimate of drug-likeness (QED) is 0.780. The first-order chi connectivity index (χ1) is 10.7. The van der Waals surface area contributed by atoms with Crippen LogP contribution in [0.2, 0.25) is 0 Å². The molecule has 2 aromatic rings. The number of Topliss-reactive ketones (excluding diaryl/α,β-unsaturated/α-hetero) is 1. The van der Waals surface area contributed by atoms with Gasteiger partial charge in [0.15, 0.2) is 5.78 Å². The van der Waals surface area contributed by atoms with Crippen molar-refractivity contribution in [3.63, 3.8) is 0 Å². The normalized spacial score (nSPS) is 11.5. The summed E-state index contributed by atoms with van der Waals surface area (Å²) in [5.41, 5.74) is 2.23. The highest BCUT2D eigenvalue weighted by Crippen LogP contribution is 2.24. The molecule has 23 heavy (non-hydrogen) atoms. The first kappa shape index (κ1) is 17.2. The van der Waals surface area contributed by atoms with Gasteiger partial charge in [-0.15, -0.1) is 0 Å². The lowest BCUT2D eigenvalue weighted by Crippen LogP contribution is -2.16. The van der Waals surface area contributed by atoms with E-state index in [-0.39, 0.29) is 17.1 Å². The number of carbonyl (C=O) groups excluding carboxylic acids is 1. The van der Waals surface area contributed by atoms with Crippen LogP contribution in [0.25, 0.3) is 0 Å². The maximum absolute atomic E-state index is 11.8. The Bertz CT molecular complexity index is 821. The fourth-order valence-electron chi connectivity index (χ4n) is 2.22. The largest absolute Gasteiger partial charge is 0.380 e. The molecule has 0 radical (unpaired) electrons. The number of nitrogens with one attached hydrogen (secondary N) is 1. The van der Waals surface area contributed by atoms with Gasteiger partial charge in [0, 0.05) is 24.1 Å². The minimum Gasteiger partial charge on any atom is -0.380 e. The summed E-state index contributed by atoms with van der Waals surface area (Å²) in [6.07, 6.45) is 0.288. The number of benzene rings is 1. The topological polar surface area (TPSA) is 115 Å². The van der Waals surface area contributed by atoms with E-state index in [4.69, 9.17) is 9.66 Å². The van der Waals surface area contributed by atoms with E-state index >= 15 is 0 Å². The summed E-state index contributed by atoms with van der Waals surface area (Å²) in [6, 6.07) is 4.42. The Morgan fingerprint density at radius 3 is 2.57 bits per heavy atom. The van der Waals surface area contributed by atoms with Gasteiger partial charge in [-0.3, -0.25) is 4.79 Å². The minimum atomic E-state index is -3.96. The highest BCUT2D eigenvalue weighted by atomic mass is 32.2. The lowest BCUT2D eigenvalue weighted by Gasteiger charge is -2.12. The van der Waals surface area contributed by atoms with E-state index < -0.39 is 10.0 Å². The number of carbonyl (C=O) groups is 1. The van der Waals surface area contributed by atoms with Crippen LogP contribution in [0.15, 0.2) is 27.6 Å². The number of primary sulfonamides is 1. The number of anilines is 1. The maximum atomic E-state index is 11.8. The van der Waals surface area contributed by atoms with Crippen molar-refractivity contribution in [2.24, 2.45) is 5.14 Å².